The van der Waals surface area contributed by atoms with E-state index < -0.39 is 6.10 Å². The molecule has 156 valence electrons. The van der Waals surface area contributed by atoms with Gasteiger partial charge >= 0.3 is 0 Å². The van der Waals surface area contributed by atoms with Gasteiger partial charge in [0.25, 0.3) is 5.91 Å². The maximum atomic E-state index is 12.6. The zero-order valence-electron chi connectivity index (χ0n) is 16.7. The van der Waals surface area contributed by atoms with Gasteiger partial charge in [-0.3, -0.25) is 10.1 Å². The third-order valence-corrected chi connectivity index (χ3v) is 4.73. The topological polar surface area (TPSA) is 99.9 Å². The third-order valence-electron chi connectivity index (χ3n) is 4.73. The maximum absolute atomic E-state index is 12.6. The molecule has 0 spiro atoms. The third kappa shape index (κ3) is 3.73. The highest BCUT2D eigenvalue weighted by atomic mass is 16.6. The number of aromatic nitrogens is 4. The first-order valence-corrected chi connectivity index (χ1v) is 9.85. The number of amides is 1. The highest BCUT2D eigenvalue weighted by Crippen LogP contribution is 2.31. The Hall–Kier alpha value is -4.14. The molecule has 3 aromatic heterocycles. The van der Waals surface area contributed by atoms with Crippen LogP contribution in [0.2, 0.25) is 0 Å². The molecule has 4 aromatic rings. The summed E-state index contributed by atoms with van der Waals surface area (Å²) in [6, 6.07) is 14.7. The molecule has 0 bridgehead atoms. The van der Waals surface area contributed by atoms with Crippen molar-refractivity contribution in [2.24, 2.45) is 0 Å². The van der Waals surface area contributed by atoms with Crippen LogP contribution in [-0.4, -0.2) is 44.8 Å². The van der Waals surface area contributed by atoms with Crippen molar-refractivity contribution in [3.05, 3.63) is 60.9 Å². The minimum Gasteiger partial charge on any atom is -0.485 e. The molecule has 0 aliphatic carbocycles. The highest BCUT2D eigenvalue weighted by molar-refractivity contribution is 5.93. The molecule has 1 aliphatic rings. The number of fused-ring (bicyclic) bond motifs is 2. The van der Waals surface area contributed by atoms with E-state index in [0.29, 0.717) is 29.6 Å². The predicted molar refractivity (Wildman–Crippen MR) is 112 cm³/mol. The van der Waals surface area contributed by atoms with Gasteiger partial charge < -0.3 is 14.2 Å². The van der Waals surface area contributed by atoms with Crippen LogP contribution >= 0.6 is 0 Å². The number of carbonyl (C=O) groups is 1. The normalized spacial score (nSPS) is 14.9. The number of nitrogens with zero attached hydrogens (tertiary/aromatic N) is 4. The largest absolute Gasteiger partial charge is 0.485 e. The molecule has 31 heavy (non-hydrogen) atoms. The summed E-state index contributed by atoms with van der Waals surface area (Å²) in [6.45, 7) is 2.54. The fraction of sp³-hybridized carbons (Fsp3) is 0.182. The summed E-state index contributed by atoms with van der Waals surface area (Å²) < 4.78 is 18.5. The standard InChI is InChI=1S/C22H19N5O4/c1-2-29-21-15(6-5-11-23-21)14-9-10-19-24-22(26-27(19)12-14)25-20(28)18-13-30-16-7-3-4-8-17(16)31-18/h3-12,18H,2,13H2,1H3,(H,25,26,28)/t18-/m1/s1. The number of benzene rings is 1. The Morgan fingerprint density at radius 3 is 2.94 bits per heavy atom. The Kier molecular flexibility index (Phi) is 4.83. The van der Waals surface area contributed by atoms with E-state index in [4.69, 9.17) is 14.2 Å². The van der Waals surface area contributed by atoms with E-state index in [1.54, 1.807) is 22.8 Å². The summed E-state index contributed by atoms with van der Waals surface area (Å²) in [5.74, 6) is 1.50. The number of carbonyl (C=O) groups excluding carboxylic acids is 1. The second-order valence-electron chi connectivity index (χ2n) is 6.80. The number of para-hydroxylation sites is 2. The van der Waals surface area contributed by atoms with E-state index in [1.165, 1.54) is 0 Å². The van der Waals surface area contributed by atoms with E-state index in [2.05, 4.69) is 20.4 Å². The van der Waals surface area contributed by atoms with Crippen LogP contribution < -0.4 is 19.5 Å². The first-order valence-electron chi connectivity index (χ1n) is 9.85. The molecule has 0 fully saturated rings. The van der Waals surface area contributed by atoms with Gasteiger partial charge in [0.05, 0.1) is 6.61 Å². The minimum absolute atomic E-state index is 0.113. The molecule has 5 rings (SSSR count). The van der Waals surface area contributed by atoms with Gasteiger partial charge in [0, 0.05) is 23.5 Å². The monoisotopic (exact) mass is 417 g/mol. The summed E-state index contributed by atoms with van der Waals surface area (Å²) in [5.41, 5.74) is 2.30. The Morgan fingerprint density at radius 1 is 1.19 bits per heavy atom. The SMILES string of the molecule is CCOc1ncccc1-c1ccc2nc(NC(=O)[C@H]3COc4ccccc4O3)nn2c1. The van der Waals surface area contributed by atoms with E-state index in [1.807, 2.05) is 49.5 Å². The van der Waals surface area contributed by atoms with Gasteiger partial charge in [-0.15, -0.1) is 5.10 Å². The van der Waals surface area contributed by atoms with Gasteiger partial charge in [-0.2, -0.15) is 4.98 Å². The number of ether oxygens (including phenoxy) is 3. The lowest BCUT2D eigenvalue weighted by Crippen LogP contribution is -2.40. The van der Waals surface area contributed by atoms with Crippen LogP contribution in [-0.2, 0) is 4.79 Å². The second-order valence-corrected chi connectivity index (χ2v) is 6.80. The van der Waals surface area contributed by atoms with Crippen molar-refractivity contribution in [3.8, 4) is 28.5 Å². The molecule has 1 aliphatic heterocycles. The van der Waals surface area contributed by atoms with Crippen molar-refractivity contribution in [1.82, 2.24) is 19.6 Å². The Morgan fingerprint density at radius 2 is 2.06 bits per heavy atom. The van der Waals surface area contributed by atoms with E-state index in [9.17, 15) is 4.79 Å². The molecule has 1 N–H and O–H groups in total. The predicted octanol–water partition coefficient (Wildman–Crippen LogP) is 2.97. The van der Waals surface area contributed by atoms with E-state index in [-0.39, 0.29) is 18.5 Å². The number of pyridine rings is 2. The molecule has 0 saturated heterocycles. The molecular weight excluding hydrogens is 398 g/mol. The molecule has 1 amide bonds. The zero-order valence-corrected chi connectivity index (χ0v) is 16.7. The fourth-order valence-electron chi connectivity index (χ4n) is 3.30. The van der Waals surface area contributed by atoms with Crippen molar-refractivity contribution in [2.75, 3.05) is 18.5 Å². The smallest absolute Gasteiger partial charge is 0.271 e. The number of hydrogen-bond donors (Lipinski definition) is 1. The van der Waals surface area contributed by atoms with Crippen LogP contribution in [0.1, 0.15) is 6.92 Å². The molecular formula is C22H19N5O4. The first kappa shape index (κ1) is 18.9. The molecule has 0 radical (unpaired) electrons. The molecule has 1 atom stereocenters. The quantitative estimate of drug-likeness (QED) is 0.533. The number of hydrogen-bond acceptors (Lipinski definition) is 7. The van der Waals surface area contributed by atoms with Crippen molar-refractivity contribution in [3.63, 3.8) is 0 Å². The Balaban J connectivity index is 1.36. The molecule has 4 heterocycles. The summed E-state index contributed by atoms with van der Waals surface area (Å²) in [7, 11) is 0. The lowest BCUT2D eigenvalue weighted by molar-refractivity contribution is -0.125. The van der Waals surface area contributed by atoms with Crippen LogP contribution in [0.3, 0.4) is 0 Å². The zero-order chi connectivity index (χ0) is 21.2. The lowest BCUT2D eigenvalue weighted by atomic mass is 10.1. The fourth-order valence-corrected chi connectivity index (χ4v) is 3.30. The lowest BCUT2D eigenvalue weighted by Gasteiger charge is -2.25. The minimum atomic E-state index is -0.791. The molecule has 9 heteroatoms. The molecule has 0 unspecified atom stereocenters. The van der Waals surface area contributed by atoms with E-state index in [0.717, 1.165) is 11.1 Å². The van der Waals surface area contributed by atoms with Crippen molar-refractivity contribution in [1.29, 1.82) is 0 Å². The number of anilines is 1. The van der Waals surface area contributed by atoms with Crippen molar-refractivity contribution >= 4 is 17.5 Å². The van der Waals surface area contributed by atoms with Gasteiger partial charge in [0.15, 0.2) is 17.1 Å². The van der Waals surface area contributed by atoms with Crippen LogP contribution in [0.25, 0.3) is 16.8 Å². The molecule has 9 nitrogen and oxygen atoms in total. The van der Waals surface area contributed by atoms with E-state index >= 15 is 0 Å². The number of rotatable bonds is 5. The maximum Gasteiger partial charge on any atom is 0.271 e. The average Bonchev–Trinajstić information content (AvgIpc) is 3.20. The van der Waals surface area contributed by atoms with Crippen LogP contribution in [0.4, 0.5) is 5.95 Å². The Bertz CT molecular complexity index is 1260. The van der Waals surface area contributed by atoms with Gasteiger partial charge in [0.1, 0.15) is 6.61 Å². The summed E-state index contributed by atoms with van der Waals surface area (Å²) >= 11 is 0. The van der Waals surface area contributed by atoms with Gasteiger partial charge in [-0.1, -0.05) is 12.1 Å². The van der Waals surface area contributed by atoms with Crippen LogP contribution in [0.15, 0.2) is 60.9 Å². The Labute approximate surface area is 177 Å². The number of nitrogens with one attached hydrogen (secondary N) is 1. The van der Waals surface area contributed by atoms with Crippen molar-refractivity contribution in [2.45, 2.75) is 13.0 Å². The first-order chi connectivity index (χ1) is 15.2. The van der Waals surface area contributed by atoms with Crippen molar-refractivity contribution < 1.29 is 19.0 Å². The van der Waals surface area contributed by atoms with Crippen LogP contribution in [0.5, 0.6) is 17.4 Å². The second kappa shape index (κ2) is 7.94. The van der Waals surface area contributed by atoms with Gasteiger partial charge in [0.2, 0.25) is 17.9 Å². The summed E-state index contributed by atoms with van der Waals surface area (Å²) in [6.07, 6.45) is 2.71. The average molecular weight is 417 g/mol. The van der Waals surface area contributed by atoms with Crippen LogP contribution in [0, 0.1) is 0 Å². The summed E-state index contributed by atoms with van der Waals surface area (Å²) in [4.78, 5) is 21.3. The molecule has 0 saturated carbocycles. The van der Waals surface area contributed by atoms with Gasteiger partial charge in [-0.25, -0.2) is 9.50 Å². The molecule has 1 aromatic carbocycles. The highest BCUT2D eigenvalue weighted by Gasteiger charge is 2.28. The summed E-state index contributed by atoms with van der Waals surface area (Å²) in [5, 5.41) is 7.07. The van der Waals surface area contributed by atoms with Gasteiger partial charge in [-0.05, 0) is 43.3 Å².